The number of nitro benzene ring substituents is 1. The van der Waals surface area contributed by atoms with Crippen molar-refractivity contribution in [2.75, 3.05) is 5.32 Å². The van der Waals surface area contributed by atoms with Gasteiger partial charge in [-0.1, -0.05) is 26.7 Å². The Balaban J connectivity index is 2.22. The second-order valence-electron chi connectivity index (χ2n) is 6.32. The number of nitro groups is 1. The smallest absolute Gasteiger partial charge is 0.273 e. The number of nitrogens with zero attached hydrogens (tertiary/aromatic N) is 1. The number of rotatable bonds is 4. The van der Waals surface area contributed by atoms with Crippen molar-refractivity contribution in [1.29, 1.82) is 0 Å². The van der Waals surface area contributed by atoms with Gasteiger partial charge >= 0.3 is 0 Å². The van der Waals surface area contributed by atoms with Crippen LogP contribution in [0.2, 0.25) is 0 Å². The number of halogens is 1. The summed E-state index contributed by atoms with van der Waals surface area (Å²) < 4.78 is 0.771. The fourth-order valence-corrected chi connectivity index (χ4v) is 3.76. The maximum atomic E-state index is 11.0. The van der Waals surface area contributed by atoms with Crippen LogP contribution in [0.1, 0.15) is 45.1 Å². The van der Waals surface area contributed by atoms with Gasteiger partial charge in [-0.15, -0.1) is 0 Å². The van der Waals surface area contributed by atoms with Gasteiger partial charge in [0.2, 0.25) is 0 Å². The van der Waals surface area contributed by atoms with Crippen molar-refractivity contribution in [3.63, 3.8) is 0 Å². The lowest BCUT2D eigenvalue weighted by molar-refractivity contribution is -0.385. The average molecular weight is 355 g/mol. The van der Waals surface area contributed by atoms with E-state index in [1.54, 1.807) is 13.0 Å². The molecule has 0 saturated heterocycles. The summed E-state index contributed by atoms with van der Waals surface area (Å²) in [7, 11) is 0. The average Bonchev–Trinajstić information content (AvgIpc) is 2.42. The third-order valence-corrected chi connectivity index (χ3v) is 5.16. The fourth-order valence-electron chi connectivity index (χ4n) is 3.31. The van der Waals surface area contributed by atoms with Gasteiger partial charge in [0.25, 0.3) is 5.69 Å². The van der Waals surface area contributed by atoms with E-state index in [0.29, 0.717) is 23.4 Å². The molecule has 4 nitrogen and oxygen atoms in total. The molecule has 5 heteroatoms. The van der Waals surface area contributed by atoms with Gasteiger partial charge in [-0.2, -0.15) is 0 Å². The second kappa shape index (κ2) is 6.77. The van der Waals surface area contributed by atoms with Crippen LogP contribution in [0.5, 0.6) is 0 Å². The summed E-state index contributed by atoms with van der Waals surface area (Å²) in [6.07, 6.45) is 5.00. The van der Waals surface area contributed by atoms with Gasteiger partial charge in [-0.3, -0.25) is 10.1 Å². The molecule has 0 bridgehead atoms. The summed E-state index contributed by atoms with van der Waals surface area (Å²) in [6.45, 7) is 6.35. The highest BCUT2D eigenvalue weighted by Crippen LogP contribution is 2.36. The van der Waals surface area contributed by atoms with Crippen molar-refractivity contribution in [3.8, 4) is 0 Å². The molecule has 1 saturated carbocycles. The molecule has 1 fully saturated rings. The minimum atomic E-state index is -0.332. The number of benzene rings is 1. The van der Waals surface area contributed by atoms with E-state index >= 15 is 0 Å². The normalized spacial score (nSPS) is 22.3. The predicted octanol–water partition coefficient (Wildman–Crippen LogP) is 5.29. The first-order valence-corrected chi connectivity index (χ1v) is 8.40. The summed E-state index contributed by atoms with van der Waals surface area (Å²) in [5.41, 5.74) is 1.83. The highest BCUT2D eigenvalue weighted by molar-refractivity contribution is 9.10. The van der Waals surface area contributed by atoms with Gasteiger partial charge < -0.3 is 5.32 Å². The lowest BCUT2D eigenvalue weighted by Crippen LogP contribution is -2.35. The second-order valence-corrected chi connectivity index (χ2v) is 7.17. The molecular weight excluding hydrogens is 332 g/mol. The lowest BCUT2D eigenvalue weighted by Gasteiger charge is -2.35. The maximum absolute atomic E-state index is 11.0. The van der Waals surface area contributed by atoms with Crippen molar-refractivity contribution in [3.05, 3.63) is 32.3 Å². The SMILES string of the molecule is Cc1cc(NC2CCCCC2C(C)C)c(Br)cc1[N+](=O)[O-]. The molecule has 21 heavy (non-hydrogen) atoms. The van der Waals surface area contributed by atoms with Crippen LogP contribution in [0.4, 0.5) is 11.4 Å². The van der Waals surface area contributed by atoms with E-state index in [9.17, 15) is 10.1 Å². The van der Waals surface area contributed by atoms with Crippen LogP contribution in [-0.4, -0.2) is 11.0 Å². The van der Waals surface area contributed by atoms with Crippen molar-refractivity contribution >= 4 is 27.3 Å². The Morgan fingerprint density at radius 3 is 2.62 bits per heavy atom. The van der Waals surface area contributed by atoms with Crippen LogP contribution in [0, 0.1) is 28.9 Å². The molecule has 116 valence electrons. The first kappa shape index (κ1) is 16.3. The van der Waals surface area contributed by atoms with Crippen LogP contribution in [-0.2, 0) is 0 Å². The Bertz CT molecular complexity index is 531. The first-order chi connectivity index (χ1) is 9.90. The van der Waals surface area contributed by atoms with E-state index < -0.39 is 0 Å². The zero-order valence-electron chi connectivity index (χ0n) is 12.9. The van der Waals surface area contributed by atoms with Crippen molar-refractivity contribution in [2.45, 2.75) is 52.5 Å². The Hall–Kier alpha value is -1.10. The molecule has 0 amide bonds. The third-order valence-electron chi connectivity index (χ3n) is 4.50. The van der Waals surface area contributed by atoms with Gasteiger partial charge in [0.15, 0.2) is 0 Å². The predicted molar refractivity (Wildman–Crippen MR) is 89.7 cm³/mol. The van der Waals surface area contributed by atoms with E-state index in [-0.39, 0.29) is 10.6 Å². The summed E-state index contributed by atoms with van der Waals surface area (Å²) in [5.74, 6) is 1.32. The quantitative estimate of drug-likeness (QED) is 0.590. The number of hydrogen-bond acceptors (Lipinski definition) is 3. The minimum absolute atomic E-state index is 0.163. The summed E-state index contributed by atoms with van der Waals surface area (Å²) in [4.78, 5) is 10.6. The number of anilines is 1. The molecule has 0 spiro atoms. The van der Waals surface area contributed by atoms with Crippen LogP contribution in [0.3, 0.4) is 0 Å². The zero-order valence-corrected chi connectivity index (χ0v) is 14.4. The van der Waals surface area contributed by atoms with Crippen molar-refractivity contribution in [1.82, 2.24) is 0 Å². The number of aryl methyl sites for hydroxylation is 1. The highest BCUT2D eigenvalue weighted by atomic mass is 79.9. The summed E-state index contributed by atoms with van der Waals surface area (Å²) >= 11 is 3.47. The van der Waals surface area contributed by atoms with Crippen molar-refractivity contribution in [2.24, 2.45) is 11.8 Å². The summed E-state index contributed by atoms with van der Waals surface area (Å²) in [5, 5.41) is 14.6. The van der Waals surface area contributed by atoms with Crippen LogP contribution < -0.4 is 5.32 Å². The van der Waals surface area contributed by atoms with Gasteiger partial charge in [-0.05, 0) is 53.6 Å². The van der Waals surface area contributed by atoms with E-state index in [1.165, 1.54) is 25.7 Å². The largest absolute Gasteiger partial charge is 0.381 e. The van der Waals surface area contributed by atoms with E-state index in [1.807, 2.05) is 6.07 Å². The lowest BCUT2D eigenvalue weighted by atomic mass is 9.78. The van der Waals surface area contributed by atoms with E-state index in [2.05, 4.69) is 35.1 Å². The molecule has 1 N–H and O–H groups in total. The first-order valence-electron chi connectivity index (χ1n) is 7.61. The Morgan fingerprint density at radius 2 is 2.00 bits per heavy atom. The fraction of sp³-hybridized carbons (Fsp3) is 0.625. The highest BCUT2D eigenvalue weighted by Gasteiger charge is 2.28. The maximum Gasteiger partial charge on any atom is 0.273 e. The molecule has 0 heterocycles. The van der Waals surface area contributed by atoms with E-state index in [4.69, 9.17) is 0 Å². The zero-order chi connectivity index (χ0) is 15.6. The molecule has 0 aromatic heterocycles. The molecule has 0 aliphatic heterocycles. The molecule has 0 radical (unpaired) electrons. The van der Waals surface area contributed by atoms with Gasteiger partial charge in [0.1, 0.15) is 0 Å². The summed E-state index contributed by atoms with van der Waals surface area (Å²) in [6, 6.07) is 3.94. The molecule has 1 aromatic rings. The molecule has 1 aliphatic carbocycles. The van der Waals surface area contributed by atoms with E-state index in [0.717, 1.165) is 10.2 Å². The van der Waals surface area contributed by atoms with Crippen LogP contribution in [0.15, 0.2) is 16.6 Å². The monoisotopic (exact) mass is 354 g/mol. The standard InChI is InChI=1S/C16H23BrN2O2/c1-10(2)12-6-4-5-7-14(12)18-15-8-11(3)16(19(20)21)9-13(15)17/h8-10,12,14,18H,4-7H2,1-3H3. The van der Waals surface area contributed by atoms with Gasteiger partial charge in [0.05, 0.1) is 4.92 Å². The van der Waals surface area contributed by atoms with Crippen molar-refractivity contribution < 1.29 is 4.92 Å². The molecule has 2 atom stereocenters. The number of nitrogens with one attached hydrogen (secondary N) is 1. The molecule has 1 aliphatic rings. The molecule has 2 unspecified atom stereocenters. The third kappa shape index (κ3) is 3.76. The Morgan fingerprint density at radius 1 is 1.33 bits per heavy atom. The Kier molecular flexibility index (Phi) is 5.25. The molecule has 2 rings (SSSR count). The minimum Gasteiger partial charge on any atom is -0.381 e. The van der Waals surface area contributed by atoms with Crippen LogP contribution in [0.25, 0.3) is 0 Å². The van der Waals surface area contributed by atoms with Gasteiger partial charge in [0, 0.05) is 27.8 Å². The van der Waals surface area contributed by atoms with Gasteiger partial charge in [-0.25, -0.2) is 0 Å². The van der Waals surface area contributed by atoms with Crippen LogP contribution >= 0.6 is 15.9 Å². The molecule has 1 aromatic carbocycles. The number of hydrogen-bond donors (Lipinski definition) is 1. The topological polar surface area (TPSA) is 55.2 Å². The Labute approximate surface area is 134 Å². The molecular formula is C16H23BrN2O2.